The number of hydrogen-bond donors (Lipinski definition) is 2. The molecule has 6 rings (SSSR count). The number of fused-ring (bicyclic) bond motifs is 7. The van der Waals surface area contributed by atoms with Crippen molar-refractivity contribution in [1.82, 2.24) is 14.8 Å². The lowest BCUT2D eigenvalue weighted by atomic mass is 9.82. The van der Waals surface area contributed by atoms with E-state index in [1.54, 1.807) is 6.20 Å². The molecule has 0 radical (unpaired) electrons. The van der Waals surface area contributed by atoms with Crippen LogP contribution in [-0.4, -0.2) is 68.8 Å². The van der Waals surface area contributed by atoms with Gasteiger partial charge < -0.3 is 29.4 Å². The van der Waals surface area contributed by atoms with Gasteiger partial charge in [0.05, 0.1) is 5.52 Å². The molecule has 0 aliphatic carbocycles. The number of methoxy groups -OCH3 is 1. The molecule has 2 aromatic rings. The summed E-state index contributed by atoms with van der Waals surface area (Å²) in [5.41, 5.74) is 1.48. The second kappa shape index (κ2) is 6.98. The SMILES string of the molecule is COC12C(=O)N3/C=C\C(C)(C)c4[nH]c5c6c(ccc5c4CC3C(=O)N1CCC2O)OC(C)(C)C=C6. The molecule has 35 heavy (non-hydrogen) atoms. The Labute approximate surface area is 204 Å². The highest BCUT2D eigenvalue weighted by Crippen LogP contribution is 2.44. The van der Waals surface area contributed by atoms with Crippen LogP contribution in [0.5, 0.6) is 5.75 Å². The number of carbonyl (C=O) groups excluding carboxylic acids is 2. The summed E-state index contributed by atoms with van der Waals surface area (Å²) in [6.07, 6.45) is 7.37. The van der Waals surface area contributed by atoms with Crippen LogP contribution < -0.4 is 4.74 Å². The van der Waals surface area contributed by atoms with E-state index < -0.39 is 29.2 Å². The summed E-state index contributed by atoms with van der Waals surface area (Å²) in [6.45, 7) is 8.49. The van der Waals surface area contributed by atoms with Crippen molar-refractivity contribution in [3.63, 3.8) is 0 Å². The van der Waals surface area contributed by atoms with E-state index in [0.29, 0.717) is 12.8 Å². The van der Waals surface area contributed by atoms with Crippen LogP contribution in [-0.2, 0) is 26.2 Å². The van der Waals surface area contributed by atoms with Crippen molar-refractivity contribution in [2.24, 2.45) is 0 Å². The number of piperazine rings is 1. The smallest absolute Gasteiger partial charge is 0.283 e. The zero-order valence-electron chi connectivity index (χ0n) is 20.7. The average molecular weight is 478 g/mol. The topological polar surface area (TPSA) is 95.1 Å². The van der Waals surface area contributed by atoms with Crippen molar-refractivity contribution in [3.05, 3.63) is 47.3 Å². The first kappa shape index (κ1) is 22.4. The van der Waals surface area contributed by atoms with Crippen LogP contribution in [0.3, 0.4) is 0 Å². The lowest BCUT2D eigenvalue weighted by Gasteiger charge is -2.48. The first-order valence-electron chi connectivity index (χ1n) is 12.1. The maximum atomic E-state index is 13.8. The number of hydrogen-bond acceptors (Lipinski definition) is 5. The molecule has 3 unspecified atom stereocenters. The van der Waals surface area contributed by atoms with Gasteiger partial charge in [0.25, 0.3) is 11.6 Å². The quantitative estimate of drug-likeness (QED) is 0.659. The van der Waals surface area contributed by atoms with Crippen molar-refractivity contribution < 1.29 is 24.2 Å². The van der Waals surface area contributed by atoms with Gasteiger partial charge in [0.2, 0.25) is 5.91 Å². The summed E-state index contributed by atoms with van der Waals surface area (Å²) in [7, 11) is 1.38. The third-order valence-corrected chi connectivity index (χ3v) is 8.02. The highest BCUT2D eigenvalue weighted by atomic mass is 16.5. The molecule has 1 aromatic heterocycles. The second-order valence-corrected chi connectivity index (χ2v) is 11.1. The number of benzene rings is 1. The first-order valence-corrected chi connectivity index (χ1v) is 12.1. The Hall–Kier alpha value is -3.10. The van der Waals surface area contributed by atoms with Crippen LogP contribution in [0.4, 0.5) is 0 Å². The Bertz CT molecular complexity index is 1340. The van der Waals surface area contributed by atoms with E-state index in [0.717, 1.165) is 33.5 Å². The van der Waals surface area contributed by atoms with Gasteiger partial charge in [-0.1, -0.05) is 19.9 Å². The Morgan fingerprint density at radius 2 is 1.94 bits per heavy atom. The van der Waals surface area contributed by atoms with Crippen molar-refractivity contribution >= 4 is 28.8 Å². The first-order chi connectivity index (χ1) is 16.5. The van der Waals surface area contributed by atoms with E-state index in [2.05, 4.69) is 24.9 Å². The predicted molar refractivity (Wildman–Crippen MR) is 131 cm³/mol. The minimum Gasteiger partial charge on any atom is -0.483 e. The van der Waals surface area contributed by atoms with Gasteiger partial charge in [0, 0.05) is 48.3 Å². The van der Waals surface area contributed by atoms with Gasteiger partial charge >= 0.3 is 0 Å². The molecule has 0 bridgehead atoms. The van der Waals surface area contributed by atoms with Crippen molar-refractivity contribution in [3.8, 4) is 5.75 Å². The number of aromatic amines is 1. The van der Waals surface area contributed by atoms with Gasteiger partial charge in [-0.3, -0.25) is 9.59 Å². The molecule has 2 amide bonds. The van der Waals surface area contributed by atoms with Crippen molar-refractivity contribution in [2.45, 2.75) is 69.4 Å². The number of aliphatic hydroxyl groups is 1. The average Bonchev–Trinajstić information content (AvgIpc) is 3.34. The number of rotatable bonds is 1. The highest BCUT2D eigenvalue weighted by molar-refractivity contribution is 6.02. The molecule has 4 aliphatic heterocycles. The lowest BCUT2D eigenvalue weighted by Crippen LogP contribution is -2.72. The molecule has 1 aromatic carbocycles. The van der Waals surface area contributed by atoms with E-state index in [1.165, 1.54) is 16.9 Å². The fourth-order valence-electron chi connectivity index (χ4n) is 6.12. The van der Waals surface area contributed by atoms with Crippen molar-refractivity contribution in [2.75, 3.05) is 13.7 Å². The van der Waals surface area contributed by atoms with Crippen LogP contribution >= 0.6 is 0 Å². The van der Waals surface area contributed by atoms with Gasteiger partial charge in [-0.25, -0.2) is 0 Å². The molecule has 2 N–H and O–H groups in total. The molecule has 0 saturated carbocycles. The number of allylic oxidation sites excluding steroid dienone is 1. The molecule has 2 fully saturated rings. The zero-order valence-corrected chi connectivity index (χ0v) is 20.7. The van der Waals surface area contributed by atoms with E-state index in [4.69, 9.17) is 9.47 Å². The second-order valence-electron chi connectivity index (χ2n) is 11.1. The van der Waals surface area contributed by atoms with Crippen LogP contribution in [0, 0.1) is 0 Å². The fourth-order valence-corrected chi connectivity index (χ4v) is 6.12. The maximum Gasteiger partial charge on any atom is 0.283 e. The number of nitrogens with zero attached hydrogens (tertiary/aromatic N) is 2. The Balaban J connectivity index is 1.52. The molecule has 8 nitrogen and oxygen atoms in total. The van der Waals surface area contributed by atoms with Gasteiger partial charge in [-0.2, -0.15) is 0 Å². The van der Waals surface area contributed by atoms with Gasteiger partial charge in [-0.05, 0) is 50.1 Å². The van der Waals surface area contributed by atoms with Crippen LogP contribution in [0.2, 0.25) is 0 Å². The zero-order chi connectivity index (χ0) is 24.9. The van der Waals surface area contributed by atoms with E-state index in [9.17, 15) is 14.7 Å². The van der Waals surface area contributed by atoms with E-state index >= 15 is 0 Å². The van der Waals surface area contributed by atoms with E-state index in [-0.39, 0.29) is 18.1 Å². The summed E-state index contributed by atoms with van der Waals surface area (Å²) >= 11 is 0. The number of amides is 2. The molecule has 2 saturated heterocycles. The van der Waals surface area contributed by atoms with Crippen LogP contribution in [0.1, 0.15) is 50.9 Å². The molecule has 184 valence electrons. The number of ether oxygens (including phenoxy) is 2. The molecule has 4 aliphatic rings. The molecule has 8 heteroatoms. The van der Waals surface area contributed by atoms with E-state index in [1.807, 2.05) is 38.1 Å². The standard InChI is InChI=1S/C27H31N3O5/c1-25(2)11-13-29-18(23(32)30-12-9-20(31)27(30,34-5)24(29)33)14-17-15-6-7-19-16(21(15)28-22(17)25)8-10-26(3,4)35-19/h6-8,10-11,13,18,20,28,31H,9,12,14H2,1-5H3/b13-11-. The molecular weight excluding hydrogens is 446 g/mol. The minimum atomic E-state index is -1.67. The molecular formula is C27H31N3O5. The third-order valence-electron chi connectivity index (χ3n) is 8.02. The minimum absolute atomic E-state index is 0.212. The summed E-state index contributed by atoms with van der Waals surface area (Å²) < 4.78 is 11.8. The van der Waals surface area contributed by atoms with Crippen molar-refractivity contribution in [1.29, 1.82) is 0 Å². The molecule has 3 atom stereocenters. The monoisotopic (exact) mass is 477 g/mol. The Morgan fingerprint density at radius 3 is 2.69 bits per heavy atom. The number of aromatic nitrogens is 1. The lowest BCUT2D eigenvalue weighted by molar-refractivity contribution is -0.210. The van der Waals surface area contributed by atoms with Gasteiger partial charge in [0.1, 0.15) is 23.5 Å². The number of aliphatic hydroxyl groups excluding tert-OH is 1. The van der Waals surface area contributed by atoms with Crippen LogP contribution in [0.25, 0.3) is 17.0 Å². The largest absolute Gasteiger partial charge is 0.483 e. The summed E-state index contributed by atoms with van der Waals surface area (Å²) in [4.78, 5) is 34.1. The predicted octanol–water partition coefficient (Wildman–Crippen LogP) is 2.85. The maximum absolute atomic E-state index is 13.8. The fraction of sp³-hybridized carbons (Fsp3) is 0.481. The summed E-state index contributed by atoms with van der Waals surface area (Å²) in [5, 5.41) is 11.7. The number of nitrogens with one attached hydrogen (secondary N) is 1. The van der Waals surface area contributed by atoms with Gasteiger partial charge in [0.15, 0.2) is 0 Å². The summed E-state index contributed by atoms with van der Waals surface area (Å²) in [6, 6.07) is 3.30. The number of H-pyrrole nitrogens is 1. The Kier molecular flexibility index (Phi) is 4.46. The van der Waals surface area contributed by atoms with Gasteiger partial charge in [-0.15, -0.1) is 0 Å². The molecule has 0 spiro atoms. The third kappa shape index (κ3) is 2.87. The normalized spacial score (nSPS) is 31.3. The molecule has 5 heterocycles. The Morgan fingerprint density at radius 1 is 1.17 bits per heavy atom. The summed E-state index contributed by atoms with van der Waals surface area (Å²) in [5.74, 6) is 0.200. The van der Waals surface area contributed by atoms with Crippen LogP contribution in [0.15, 0.2) is 30.5 Å². The number of carbonyl (C=O) groups is 2. The highest BCUT2D eigenvalue weighted by Gasteiger charge is 2.63.